The zero-order valence-corrected chi connectivity index (χ0v) is 10.6. The third-order valence-electron chi connectivity index (χ3n) is 2.43. The van der Waals surface area contributed by atoms with Gasteiger partial charge in [-0.1, -0.05) is 0 Å². The predicted octanol–water partition coefficient (Wildman–Crippen LogP) is 2.30. The first-order valence-corrected chi connectivity index (χ1v) is 6.76. The van der Waals surface area contributed by atoms with E-state index in [0.717, 1.165) is 18.7 Å². The zero-order valence-electron chi connectivity index (χ0n) is 9.75. The molecule has 0 saturated carbocycles. The van der Waals surface area contributed by atoms with Gasteiger partial charge in [-0.3, -0.25) is 10.1 Å². The van der Waals surface area contributed by atoms with Crippen LogP contribution in [0, 0.1) is 10.1 Å². The summed E-state index contributed by atoms with van der Waals surface area (Å²) in [4.78, 5) is 10.3. The number of nitrogens with zero attached hydrogens (tertiary/aromatic N) is 3. The van der Waals surface area contributed by atoms with E-state index in [1.165, 1.54) is 6.07 Å². The molecule has 0 fully saturated rings. The van der Waals surface area contributed by atoms with Crippen LogP contribution in [0.15, 0.2) is 16.8 Å². The molecule has 2 aromatic rings. The van der Waals surface area contributed by atoms with Crippen molar-refractivity contribution in [3.8, 4) is 0 Å². The van der Waals surface area contributed by atoms with Crippen molar-refractivity contribution in [2.45, 2.75) is 6.42 Å². The average Bonchev–Trinajstić information content (AvgIpc) is 2.83. The highest BCUT2D eigenvalue weighted by Gasteiger charge is 2.19. The van der Waals surface area contributed by atoms with Crippen LogP contribution >= 0.6 is 11.8 Å². The van der Waals surface area contributed by atoms with Crippen molar-refractivity contribution < 1.29 is 9.55 Å². The minimum atomic E-state index is -0.496. The van der Waals surface area contributed by atoms with E-state index >= 15 is 0 Å². The Hall–Kier alpha value is -1.83. The van der Waals surface area contributed by atoms with Gasteiger partial charge >= 0.3 is 5.69 Å². The Morgan fingerprint density at radius 2 is 2.22 bits per heavy atom. The summed E-state index contributed by atoms with van der Waals surface area (Å²) >= 11 is 1.77. The Balaban J connectivity index is 2.22. The van der Waals surface area contributed by atoms with E-state index < -0.39 is 4.92 Å². The van der Waals surface area contributed by atoms with E-state index in [2.05, 4.69) is 20.3 Å². The summed E-state index contributed by atoms with van der Waals surface area (Å²) in [5, 5.41) is 21.2. The maximum absolute atomic E-state index is 10.8. The maximum Gasteiger partial charge on any atom is 0.300 e. The Morgan fingerprint density at radius 1 is 1.44 bits per heavy atom. The second kappa shape index (κ2) is 5.67. The lowest BCUT2D eigenvalue weighted by molar-refractivity contribution is -0.383. The molecule has 0 aliphatic carbocycles. The van der Waals surface area contributed by atoms with Crippen molar-refractivity contribution in [3.63, 3.8) is 0 Å². The van der Waals surface area contributed by atoms with E-state index in [4.69, 9.17) is 0 Å². The first-order chi connectivity index (χ1) is 8.74. The molecule has 0 radical (unpaired) electrons. The molecule has 7 nitrogen and oxygen atoms in total. The fraction of sp³-hybridized carbons (Fsp3) is 0.400. The van der Waals surface area contributed by atoms with E-state index in [-0.39, 0.29) is 11.2 Å². The molecule has 0 atom stereocenters. The van der Waals surface area contributed by atoms with E-state index in [9.17, 15) is 10.1 Å². The van der Waals surface area contributed by atoms with Crippen LogP contribution in [0.25, 0.3) is 11.0 Å². The third-order valence-corrected chi connectivity index (χ3v) is 3.13. The fourth-order valence-electron chi connectivity index (χ4n) is 1.58. The number of thioether (sulfide) groups is 1. The van der Waals surface area contributed by atoms with Crippen molar-refractivity contribution in [2.24, 2.45) is 0 Å². The molecule has 0 aliphatic heterocycles. The first-order valence-electron chi connectivity index (χ1n) is 5.36. The monoisotopic (exact) mass is 268 g/mol. The van der Waals surface area contributed by atoms with Crippen molar-refractivity contribution in [3.05, 3.63) is 22.2 Å². The number of nitro benzene ring substituents is 1. The van der Waals surface area contributed by atoms with Gasteiger partial charge in [-0.2, -0.15) is 11.8 Å². The number of benzene rings is 1. The minimum Gasteiger partial charge on any atom is -0.383 e. The van der Waals surface area contributed by atoms with Crippen LogP contribution in [0.5, 0.6) is 0 Å². The highest BCUT2D eigenvalue weighted by Crippen LogP contribution is 2.28. The van der Waals surface area contributed by atoms with Gasteiger partial charge in [-0.05, 0) is 34.8 Å². The fourth-order valence-corrected chi connectivity index (χ4v) is 2.02. The Kier molecular flexibility index (Phi) is 3.98. The molecule has 0 unspecified atom stereocenters. The van der Waals surface area contributed by atoms with E-state index in [1.807, 2.05) is 6.26 Å². The van der Waals surface area contributed by atoms with E-state index in [1.54, 1.807) is 17.8 Å². The first kappa shape index (κ1) is 12.6. The standard InChI is InChI=1S/C10H12N4O3S/c1-18-6-2-5-11-7-3-4-8(14(15)16)10-9(7)12-17-13-10/h3-4,11H,2,5-6H2,1H3. The normalized spacial score (nSPS) is 10.7. The second-order valence-electron chi connectivity index (χ2n) is 3.62. The molecule has 96 valence electrons. The van der Waals surface area contributed by atoms with Gasteiger partial charge in [-0.25, -0.2) is 4.63 Å². The molecule has 0 amide bonds. The van der Waals surface area contributed by atoms with Gasteiger partial charge in [0.25, 0.3) is 0 Å². The lowest BCUT2D eigenvalue weighted by atomic mass is 10.2. The predicted molar refractivity (Wildman–Crippen MR) is 69.9 cm³/mol. The van der Waals surface area contributed by atoms with Crippen molar-refractivity contribution in [1.29, 1.82) is 0 Å². The number of non-ortho nitro benzene ring substituents is 1. The highest BCUT2D eigenvalue weighted by atomic mass is 32.2. The molecule has 0 aliphatic rings. The van der Waals surface area contributed by atoms with Crippen LogP contribution in [0.2, 0.25) is 0 Å². The number of hydrogen-bond donors (Lipinski definition) is 1. The minimum absolute atomic E-state index is 0.0964. The van der Waals surface area contributed by atoms with Gasteiger partial charge in [-0.15, -0.1) is 0 Å². The number of hydrogen-bond acceptors (Lipinski definition) is 7. The van der Waals surface area contributed by atoms with Crippen LogP contribution in [0.3, 0.4) is 0 Å². The Morgan fingerprint density at radius 3 is 2.94 bits per heavy atom. The molecule has 0 spiro atoms. The summed E-state index contributed by atoms with van der Waals surface area (Å²) < 4.78 is 4.58. The second-order valence-corrected chi connectivity index (χ2v) is 4.61. The topological polar surface area (TPSA) is 94.1 Å². The molecule has 0 bridgehead atoms. The van der Waals surface area contributed by atoms with Gasteiger partial charge in [0.05, 0.1) is 10.6 Å². The van der Waals surface area contributed by atoms with Crippen molar-refractivity contribution >= 4 is 34.2 Å². The third kappa shape index (κ3) is 2.53. The SMILES string of the molecule is CSCCCNc1ccc([N+](=O)[O-])c2nonc12. The quantitative estimate of drug-likeness (QED) is 0.488. The largest absolute Gasteiger partial charge is 0.383 e. The van der Waals surface area contributed by atoms with Gasteiger partial charge in [0.2, 0.25) is 5.52 Å². The number of nitrogens with one attached hydrogen (secondary N) is 1. The summed E-state index contributed by atoms with van der Waals surface area (Å²) in [6, 6.07) is 3.03. The van der Waals surface area contributed by atoms with Crippen LogP contribution in [-0.2, 0) is 0 Å². The highest BCUT2D eigenvalue weighted by molar-refractivity contribution is 7.98. The summed E-state index contributed by atoms with van der Waals surface area (Å²) in [7, 11) is 0. The smallest absolute Gasteiger partial charge is 0.300 e. The molecule has 2 rings (SSSR count). The summed E-state index contributed by atoms with van der Waals surface area (Å²) in [6.07, 6.45) is 3.05. The van der Waals surface area contributed by atoms with E-state index in [0.29, 0.717) is 11.2 Å². The number of nitro groups is 1. The molecule has 0 saturated heterocycles. The number of aromatic nitrogens is 2. The Bertz CT molecular complexity index is 557. The lowest BCUT2D eigenvalue weighted by Gasteiger charge is -2.05. The summed E-state index contributed by atoms with van der Waals surface area (Å²) in [5.74, 6) is 1.06. The Labute approximate surface area is 107 Å². The summed E-state index contributed by atoms with van der Waals surface area (Å²) in [6.45, 7) is 0.778. The van der Waals surface area contributed by atoms with Gasteiger partial charge in [0, 0.05) is 12.6 Å². The molecular weight excluding hydrogens is 256 g/mol. The molecule has 1 heterocycles. The van der Waals surface area contributed by atoms with Crippen molar-refractivity contribution in [1.82, 2.24) is 10.3 Å². The average molecular weight is 268 g/mol. The van der Waals surface area contributed by atoms with Crippen molar-refractivity contribution in [2.75, 3.05) is 23.9 Å². The van der Waals surface area contributed by atoms with Crippen LogP contribution in [-0.4, -0.2) is 33.8 Å². The van der Waals surface area contributed by atoms with Crippen LogP contribution < -0.4 is 5.32 Å². The van der Waals surface area contributed by atoms with Gasteiger partial charge in [0.15, 0.2) is 5.52 Å². The number of rotatable bonds is 6. The number of fused-ring (bicyclic) bond motifs is 1. The van der Waals surface area contributed by atoms with Crippen LogP contribution in [0.1, 0.15) is 6.42 Å². The molecule has 8 heteroatoms. The molecule has 1 aromatic carbocycles. The van der Waals surface area contributed by atoms with Gasteiger partial charge in [0.1, 0.15) is 0 Å². The molecule has 18 heavy (non-hydrogen) atoms. The summed E-state index contributed by atoms with van der Waals surface area (Å²) in [5.41, 5.74) is 1.18. The maximum atomic E-state index is 10.8. The zero-order chi connectivity index (χ0) is 13.0. The number of anilines is 1. The van der Waals surface area contributed by atoms with Gasteiger partial charge < -0.3 is 5.32 Å². The molecule has 1 aromatic heterocycles. The molecular formula is C10H12N4O3S. The molecule has 1 N–H and O–H groups in total. The van der Waals surface area contributed by atoms with Crippen LogP contribution in [0.4, 0.5) is 11.4 Å². The lowest BCUT2D eigenvalue weighted by Crippen LogP contribution is -2.03.